The van der Waals surface area contributed by atoms with Crippen molar-refractivity contribution in [3.05, 3.63) is 53.6 Å². The molecular weight excluding hydrogens is 242 g/mol. The molecule has 0 radical (unpaired) electrons. The molecule has 0 spiro atoms. The Labute approximate surface area is 112 Å². The summed E-state index contributed by atoms with van der Waals surface area (Å²) >= 11 is 1.76. The zero-order chi connectivity index (χ0) is 13.0. The number of methoxy groups -OCH3 is 1. The highest BCUT2D eigenvalue weighted by Gasteiger charge is 2.03. The highest BCUT2D eigenvalue weighted by atomic mass is 32.2. The monoisotopic (exact) mass is 259 g/mol. The summed E-state index contributed by atoms with van der Waals surface area (Å²) in [5.41, 5.74) is 7.97. The van der Waals surface area contributed by atoms with Crippen molar-refractivity contribution in [1.82, 2.24) is 0 Å². The van der Waals surface area contributed by atoms with E-state index in [-0.39, 0.29) is 0 Å². The fourth-order valence-corrected chi connectivity index (χ4v) is 2.57. The molecule has 0 saturated carbocycles. The van der Waals surface area contributed by atoms with Crippen molar-refractivity contribution in [2.75, 3.05) is 7.11 Å². The van der Waals surface area contributed by atoms with Crippen molar-refractivity contribution < 1.29 is 4.74 Å². The van der Waals surface area contributed by atoms with Crippen molar-refractivity contribution in [2.45, 2.75) is 23.3 Å². The van der Waals surface area contributed by atoms with Crippen LogP contribution in [-0.4, -0.2) is 7.11 Å². The average Bonchev–Trinajstić information content (AvgIpc) is 2.42. The summed E-state index contributed by atoms with van der Waals surface area (Å²) in [6.07, 6.45) is 0. The molecule has 2 rings (SSSR count). The van der Waals surface area contributed by atoms with Gasteiger partial charge in [-0.2, -0.15) is 0 Å². The molecule has 0 aliphatic heterocycles. The topological polar surface area (TPSA) is 35.2 Å². The van der Waals surface area contributed by atoms with Gasteiger partial charge in [0.2, 0.25) is 0 Å². The first-order valence-corrected chi connectivity index (χ1v) is 6.66. The van der Waals surface area contributed by atoms with Crippen LogP contribution in [0.2, 0.25) is 0 Å². The molecule has 94 valence electrons. The molecule has 0 unspecified atom stereocenters. The van der Waals surface area contributed by atoms with Crippen LogP contribution in [-0.2, 0) is 6.54 Å². The van der Waals surface area contributed by atoms with Gasteiger partial charge in [-0.25, -0.2) is 0 Å². The zero-order valence-electron chi connectivity index (χ0n) is 10.6. The molecule has 18 heavy (non-hydrogen) atoms. The van der Waals surface area contributed by atoms with Crippen LogP contribution in [0.15, 0.2) is 52.3 Å². The first-order chi connectivity index (χ1) is 8.72. The molecule has 2 aromatic carbocycles. The molecule has 2 nitrogen and oxygen atoms in total. The number of benzene rings is 2. The number of hydrogen-bond acceptors (Lipinski definition) is 3. The summed E-state index contributed by atoms with van der Waals surface area (Å²) in [4.78, 5) is 2.47. The lowest BCUT2D eigenvalue weighted by Gasteiger charge is -2.08. The SMILES string of the molecule is COc1ccc(Sc2ccc(CN)cc2)c(C)c1. The van der Waals surface area contributed by atoms with E-state index in [4.69, 9.17) is 10.5 Å². The second kappa shape index (κ2) is 5.94. The summed E-state index contributed by atoms with van der Waals surface area (Å²) in [6.45, 7) is 2.69. The van der Waals surface area contributed by atoms with Gasteiger partial charge in [0.05, 0.1) is 7.11 Å². The van der Waals surface area contributed by atoms with E-state index in [1.54, 1.807) is 18.9 Å². The van der Waals surface area contributed by atoms with Crippen LogP contribution >= 0.6 is 11.8 Å². The number of ether oxygens (including phenoxy) is 1. The van der Waals surface area contributed by atoms with E-state index >= 15 is 0 Å². The number of hydrogen-bond donors (Lipinski definition) is 1. The Hall–Kier alpha value is -1.45. The van der Waals surface area contributed by atoms with Crippen molar-refractivity contribution in [3.63, 3.8) is 0 Å². The lowest BCUT2D eigenvalue weighted by molar-refractivity contribution is 0.414. The maximum Gasteiger partial charge on any atom is 0.119 e. The first kappa shape index (κ1) is 13.0. The second-order valence-electron chi connectivity index (χ2n) is 4.08. The van der Waals surface area contributed by atoms with Crippen LogP contribution < -0.4 is 10.5 Å². The maximum absolute atomic E-state index is 5.59. The molecule has 0 aliphatic carbocycles. The van der Waals surface area contributed by atoms with E-state index in [2.05, 4.69) is 43.3 Å². The number of aryl methyl sites for hydroxylation is 1. The molecule has 3 heteroatoms. The summed E-state index contributed by atoms with van der Waals surface area (Å²) in [5, 5.41) is 0. The number of nitrogens with two attached hydrogens (primary N) is 1. The van der Waals surface area contributed by atoms with Gasteiger partial charge < -0.3 is 10.5 Å². The van der Waals surface area contributed by atoms with Crippen LogP contribution in [0.3, 0.4) is 0 Å². The Morgan fingerprint density at radius 3 is 2.39 bits per heavy atom. The Morgan fingerprint density at radius 1 is 1.11 bits per heavy atom. The molecule has 0 aromatic heterocycles. The Bertz CT molecular complexity index is 523. The van der Waals surface area contributed by atoms with E-state index in [1.165, 1.54) is 15.4 Å². The molecule has 0 aliphatic rings. The molecule has 0 amide bonds. The molecule has 2 aromatic rings. The molecular formula is C15H17NOS. The highest BCUT2D eigenvalue weighted by molar-refractivity contribution is 7.99. The van der Waals surface area contributed by atoms with E-state index in [0.717, 1.165) is 11.3 Å². The van der Waals surface area contributed by atoms with Crippen LogP contribution in [0, 0.1) is 6.92 Å². The average molecular weight is 259 g/mol. The third-order valence-corrected chi connectivity index (χ3v) is 3.95. The maximum atomic E-state index is 5.59. The van der Waals surface area contributed by atoms with Crippen LogP contribution in [0.5, 0.6) is 5.75 Å². The van der Waals surface area contributed by atoms with E-state index in [0.29, 0.717) is 6.54 Å². The second-order valence-corrected chi connectivity index (χ2v) is 5.20. The van der Waals surface area contributed by atoms with Crippen LogP contribution in [0.25, 0.3) is 0 Å². The molecule has 0 heterocycles. The highest BCUT2D eigenvalue weighted by Crippen LogP contribution is 2.32. The summed E-state index contributed by atoms with van der Waals surface area (Å²) in [6, 6.07) is 14.5. The van der Waals surface area contributed by atoms with Gasteiger partial charge in [-0.15, -0.1) is 0 Å². The lowest BCUT2D eigenvalue weighted by Crippen LogP contribution is -1.94. The predicted octanol–water partition coefficient (Wildman–Crippen LogP) is 3.61. The van der Waals surface area contributed by atoms with E-state index in [9.17, 15) is 0 Å². The third-order valence-electron chi connectivity index (χ3n) is 2.77. The smallest absolute Gasteiger partial charge is 0.119 e. The fourth-order valence-electron chi connectivity index (χ4n) is 1.68. The van der Waals surface area contributed by atoms with Gasteiger partial charge in [0.1, 0.15) is 5.75 Å². The zero-order valence-corrected chi connectivity index (χ0v) is 11.5. The van der Waals surface area contributed by atoms with Crippen molar-refractivity contribution in [2.24, 2.45) is 5.73 Å². The van der Waals surface area contributed by atoms with E-state index < -0.39 is 0 Å². The number of rotatable bonds is 4. The van der Waals surface area contributed by atoms with Gasteiger partial charge in [-0.1, -0.05) is 23.9 Å². The van der Waals surface area contributed by atoms with Gasteiger partial charge in [-0.05, 0) is 48.4 Å². The molecule has 2 N–H and O–H groups in total. The minimum Gasteiger partial charge on any atom is -0.497 e. The normalized spacial score (nSPS) is 10.4. The summed E-state index contributed by atoms with van der Waals surface area (Å²) < 4.78 is 5.21. The minimum atomic E-state index is 0.590. The summed E-state index contributed by atoms with van der Waals surface area (Å²) in [7, 11) is 1.69. The van der Waals surface area contributed by atoms with E-state index in [1.807, 2.05) is 6.07 Å². The van der Waals surface area contributed by atoms with Gasteiger partial charge in [0, 0.05) is 16.3 Å². The van der Waals surface area contributed by atoms with Crippen molar-refractivity contribution in [3.8, 4) is 5.75 Å². The van der Waals surface area contributed by atoms with Crippen LogP contribution in [0.1, 0.15) is 11.1 Å². The molecule has 0 saturated heterocycles. The Morgan fingerprint density at radius 2 is 1.83 bits per heavy atom. The predicted molar refractivity (Wildman–Crippen MR) is 76.2 cm³/mol. The first-order valence-electron chi connectivity index (χ1n) is 5.84. The van der Waals surface area contributed by atoms with Gasteiger partial charge in [-0.3, -0.25) is 0 Å². The molecule has 0 atom stereocenters. The third kappa shape index (κ3) is 3.06. The largest absolute Gasteiger partial charge is 0.497 e. The van der Waals surface area contributed by atoms with Crippen molar-refractivity contribution in [1.29, 1.82) is 0 Å². The van der Waals surface area contributed by atoms with Gasteiger partial charge >= 0.3 is 0 Å². The summed E-state index contributed by atoms with van der Waals surface area (Å²) in [5.74, 6) is 0.898. The molecule has 0 bridgehead atoms. The molecule has 0 fully saturated rings. The fraction of sp³-hybridized carbons (Fsp3) is 0.200. The van der Waals surface area contributed by atoms with Gasteiger partial charge in [0.15, 0.2) is 0 Å². The van der Waals surface area contributed by atoms with Crippen molar-refractivity contribution >= 4 is 11.8 Å². The Kier molecular flexibility index (Phi) is 4.28. The minimum absolute atomic E-state index is 0.590. The Balaban J connectivity index is 2.17. The van der Waals surface area contributed by atoms with Crippen LogP contribution in [0.4, 0.5) is 0 Å². The van der Waals surface area contributed by atoms with Gasteiger partial charge in [0.25, 0.3) is 0 Å². The quantitative estimate of drug-likeness (QED) is 0.911. The standard InChI is InChI=1S/C15H17NOS/c1-11-9-13(17-2)5-8-15(11)18-14-6-3-12(10-16)4-7-14/h3-9H,10,16H2,1-2H3. The lowest BCUT2D eigenvalue weighted by atomic mass is 10.2.